The first-order valence-corrected chi connectivity index (χ1v) is 7.08. The quantitative estimate of drug-likeness (QED) is 0.756. The van der Waals surface area contributed by atoms with Crippen molar-refractivity contribution in [2.45, 2.75) is 45.8 Å². The van der Waals surface area contributed by atoms with Crippen LogP contribution in [0.2, 0.25) is 0 Å². The molecule has 0 bridgehead atoms. The fraction of sp³-hybridized carbons (Fsp3) is 0.714. The number of aromatic nitrogens is 2. The van der Waals surface area contributed by atoms with Gasteiger partial charge in [0.25, 0.3) is 0 Å². The second-order valence-electron chi connectivity index (χ2n) is 5.24. The summed E-state index contributed by atoms with van der Waals surface area (Å²) in [6.07, 6.45) is 3.99. The third-order valence-corrected chi connectivity index (χ3v) is 3.18. The van der Waals surface area contributed by atoms with Gasteiger partial charge in [0.2, 0.25) is 0 Å². The lowest BCUT2D eigenvalue weighted by Crippen LogP contribution is -2.18. The summed E-state index contributed by atoms with van der Waals surface area (Å²) < 4.78 is 5.12. The molecule has 1 aromatic rings. The van der Waals surface area contributed by atoms with Crippen molar-refractivity contribution in [2.75, 3.05) is 24.3 Å². The van der Waals surface area contributed by atoms with Crippen LogP contribution in [0.4, 0.5) is 11.6 Å². The summed E-state index contributed by atoms with van der Waals surface area (Å²) in [5.41, 5.74) is 0. The lowest BCUT2D eigenvalue weighted by molar-refractivity contribution is 0.178. The van der Waals surface area contributed by atoms with Crippen molar-refractivity contribution in [1.82, 2.24) is 9.97 Å². The average Bonchev–Trinajstić information content (AvgIpc) is 3.13. The Labute approximate surface area is 115 Å². The van der Waals surface area contributed by atoms with Crippen molar-refractivity contribution in [3.8, 4) is 0 Å². The normalized spacial score (nSPS) is 16.2. The van der Waals surface area contributed by atoms with Crippen molar-refractivity contribution in [1.29, 1.82) is 0 Å². The van der Waals surface area contributed by atoms with E-state index in [2.05, 4.69) is 34.4 Å². The summed E-state index contributed by atoms with van der Waals surface area (Å²) >= 11 is 0. The van der Waals surface area contributed by atoms with Gasteiger partial charge >= 0.3 is 0 Å². The summed E-state index contributed by atoms with van der Waals surface area (Å²) in [5, 5.41) is 6.69. The molecule has 1 fully saturated rings. The van der Waals surface area contributed by atoms with Gasteiger partial charge in [-0.05, 0) is 26.2 Å². The van der Waals surface area contributed by atoms with Gasteiger partial charge in [-0.3, -0.25) is 0 Å². The van der Waals surface area contributed by atoms with Crippen molar-refractivity contribution in [2.24, 2.45) is 5.92 Å². The highest BCUT2D eigenvalue weighted by Crippen LogP contribution is 2.34. The Balaban J connectivity index is 2.03. The largest absolute Gasteiger partial charge is 0.377 e. The molecule has 1 aliphatic carbocycles. The molecule has 0 radical (unpaired) electrons. The molecule has 0 aromatic carbocycles. The van der Waals surface area contributed by atoms with Crippen LogP contribution in [-0.4, -0.2) is 29.7 Å². The van der Waals surface area contributed by atoms with Crippen molar-refractivity contribution < 1.29 is 4.74 Å². The van der Waals surface area contributed by atoms with E-state index in [0.29, 0.717) is 18.5 Å². The van der Waals surface area contributed by atoms with Gasteiger partial charge in [0.15, 0.2) is 5.82 Å². The fourth-order valence-corrected chi connectivity index (χ4v) is 2.20. The van der Waals surface area contributed by atoms with E-state index in [0.717, 1.165) is 24.1 Å². The zero-order valence-corrected chi connectivity index (χ0v) is 12.1. The van der Waals surface area contributed by atoms with Crippen LogP contribution in [-0.2, 0) is 11.3 Å². The molecular weight excluding hydrogens is 240 g/mol. The zero-order valence-electron chi connectivity index (χ0n) is 12.1. The molecular formula is C14H24N4O. The molecule has 1 aromatic heterocycles. The van der Waals surface area contributed by atoms with E-state index in [9.17, 15) is 0 Å². The monoisotopic (exact) mass is 264 g/mol. The summed E-state index contributed by atoms with van der Waals surface area (Å²) in [6, 6.07) is 2.42. The maximum absolute atomic E-state index is 5.12. The summed E-state index contributed by atoms with van der Waals surface area (Å²) in [5.74, 6) is 3.36. The molecule has 2 rings (SSSR count). The molecule has 5 nitrogen and oxygen atoms in total. The molecule has 0 saturated heterocycles. The SMILES string of the molecule is CCNc1cc(NC(C)CC2CC2)nc(COC)n1. The van der Waals surface area contributed by atoms with Crippen LogP contribution < -0.4 is 10.6 Å². The smallest absolute Gasteiger partial charge is 0.158 e. The van der Waals surface area contributed by atoms with Gasteiger partial charge in [-0.1, -0.05) is 12.8 Å². The van der Waals surface area contributed by atoms with Crippen LogP contribution in [0.15, 0.2) is 6.07 Å². The number of hydrogen-bond acceptors (Lipinski definition) is 5. The third kappa shape index (κ3) is 4.67. The zero-order chi connectivity index (χ0) is 13.7. The molecule has 0 spiro atoms. The Morgan fingerprint density at radius 3 is 2.74 bits per heavy atom. The molecule has 1 aliphatic rings. The van der Waals surface area contributed by atoms with Crippen molar-refractivity contribution in [3.05, 3.63) is 11.9 Å². The first-order chi connectivity index (χ1) is 9.21. The molecule has 0 aliphatic heterocycles. The Hall–Kier alpha value is -1.36. The maximum atomic E-state index is 5.12. The van der Waals surface area contributed by atoms with Gasteiger partial charge in [0, 0.05) is 25.8 Å². The Bertz CT molecular complexity index is 382. The van der Waals surface area contributed by atoms with Gasteiger partial charge < -0.3 is 15.4 Å². The Morgan fingerprint density at radius 2 is 2.11 bits per heavy atom. The van der Waals surface area contributed by atoms with Crippen LogP contribution in [0.25, 0.3) is 0 Å². The topological polar surface area (TPSA) is 59.1 Å². The molecule has 1 unspecified atom stereocenters. The van der Waals surface area contributed by atoms with Gasteiger partial charge in [0.1, 0.15) is 18.2 Å². The third-order valence-electron chi connectivity index (χ3n) is 3.18. The minimum atomic E-state index is 0.435. The van der Waals surface area contributed by atoms with E-state index in [4.69, 9.17) is 4.74 Å². The molecule has 19 heavy (non-hydrogen) atoms. The first-order valence-electron chi connectivity index (χ1n) is 7.08. The predicted octanol–water partition coefficient (Wildman–Crippen LogP) is 2.66. The van der Waals surface area contributed by atoms with Gasteiger partial charge in [-0.25, -0.2) is 9.97 Å². The molecule has 5 heteroatoms. The summed E-state index contributed by atoms with van der Waals surface area (Å²) in [6.45, 7) is 5.55. The standard InChI is InChI=1S/C14H24N4O/c1-4-15-12-8-13(18-14(17-12)9-19-3)16-10(2)7-11-5-6-11/h8,10-11H,4-7,9H2,1-3H3,(H2,15,16,17,18). The minimum Gasteiger partial charge on any atom is -0.377 e. The van der Waals surface area contributed by atoms with E-state index in [1.807, 2.05) is 6.07 Å². The van der Waals surface area contributed by atoms with Crippen molar-refractivity contribution >= 4 is 11.6 Å². The predicted molar refractivity (Wildman–Crippen MR) is 77.3 cm³/mol. The van der Waals surface area contributed by atoms with E-state index in [1.165, 1.54) is 19.3 Å². The number of rotatable bonds is 8. The van der Waals surface area contributed by atoms with E-state index >= 15 is 0 Å². The van der Waals surface area contributed by atoms with Crippen LogP contribution in [0.3, 0.4) is 0 Å². The van der Waals surface area contributed by atoms with Gasteiger partial charge in [0.05, 0.1) is 0 Å². The summed E-state index contributed by atoms with van der Waals surface area (Å²) in [4.78, 5) is 8.89. The molecule has 1 saturated carbocycles. The molecule has 0 amide bonds. The van der Waals surface area contributed by atoms with E-state index < -0.39 is 0 Å². The number of methoxy groups -OCH3 is 1. The van der Waals surface area contributed by atoms with Crippen LogP contribution in [0.5, 0.6) is 0 Å². The number of ether oxygens (including phenoxy) is 1. The second-order valence-corrected chi connectivity index (χ2v) is 5.24. The van der Waals surface area contributed by atoms with Gasteiger partial charge in [-0.15, -0.1) is 0 Å². The van der Waals surface area contributed by atoms with E-state index in [1.54, 1.807) is 7.11 Å². The Kier molecular flexibility index (Phi) is 4.96. The van der Waals surface area contributed by atoms with E-state index in [-0.39, 0.29) is 0 Å². The molecule has 106 valence electrons. The van der Waals surface area contributed by atoms with Crippen LogP contribution in [0.1, 0.15) is 38.9 Å². The van der Waals surface area contributed by atoms with Crippen LogP contribution >= 0.6 is 0 Å². The summed E-state index contributed by atoms with van der Waals surface area (Å²) in [7, 11) is 1.66. The molecule has 1 atom stereocenters. The number of anilines is 2. The molecule has 2 N–H and O–H groups in total. The lowest BCUT2D eigenvalue weighted by Gasteiger charge is -2.15. The fourth-order valence-electron chi connectivity index (χ4n) is 2.20. The van der Waals surface area contributed by atoms with Crippen LogP contribution in [0, 0.1) is 5.92 Å². The number of hydrogen-bond donors (Lipinski definition) is 2. The average molecular weight is 264 g/mol. The number of nitrogens with zero attached hydrogens (tertiary/aromatic N) is 2. The highest BCUT2D eigenvalue weighted by molar-refractivity contribution is 5.48. The Morgan fingerprint density at radius 1 is 1.37 bits per heavy atom. The molecule has 1 heterocycles. The minimum absolute atomic E-state index is 0.435. The van der Waals surface area contributed by atoms with Crippen molar-refractivity contribution in [3.63, 3.8) is 0 Å². The highest BCUT2D eigenvalue weighted by atomic mass is 16.5. The maximum Gasteiger partial charge on any atom is 0.158 e. The van der Waals surface area contributed by atoms with Gasteiger partial charge in [-0.2, -0.15) is 0 Å². The number of nitrogens with one attached hydrogen (secondary N) is 2. The lowest BCUT2D eigenvalue weighted by atomic mass is 10.1. The first kappa shape index (κ1) is 14.1. The highest BCUT2D eigenvalue weighted by Gasteiger charge is 2.23. The second kappa shape index (κ2) is 6.70.